The fourth-order valence-electron chi connectivity index (χ4n) is 4.19. The summed E-state index contributed by atoms with van der Waals surface area (Å²) in [6.45, 7) is 3.06. The summed E-state index contributed by atoms with van der Waals surface area (Å²) in [6, 6.07) is 24.3. The summed E-state index contributed by atoms with van der Waals surface area (Å²) in [6.07, 6.45) is 2.03. The van der Waals surface area contributed by atoms with Crippen LogP contribution in [0.5, 0.6) is 0 Å². The van der Waals surface area contributed by atoms with Crippen LogP contribution in [-0.4, -0.2) is 16.4 Å². The maximum atomic E-state index is 13.6. The molecule has 4 aromatic rings. The standard InChI is InChI=1S/C27H22ClN3O2/c1-18-7-2-4-10-22(18)26(32)29-24-13-12-19(15-23(24)28)27(33)31-17-21-9-6-14-30(21)16-20-8-3-5-11-25(20)31/h2-15H,16-17H2,1H3,(H,29,32). The Hall–Kier alpha value is -3.83. The smallest absolute Gasteiger partial charge is 0.258 e. The number of aryl methyl sites for hydroxylation is 1. The molecule has 0 atom stereocenters. The van der Waals surface area contributed by atoms with E-state index in [9.17, 15) is 9.59 Å². The quantitative estimate of drug-likeness (QED) is 0.417. The summed E-state index contributed by atoms with van der Waals surface area (Å²) in [5.41, 5.74) is 5.41. The van der Waals surface area contributed by atoms with Gasteiger partial charge >= 0.3 is 0 Å². The third-order valence-electron chi connectivity index (χ3n) is 5.97. The minimum absolute atomic E-state index is 0.143. The lowest BCUT2D eigenvalue weighted by Crippen LogP contribution is -2.30. The fraction of sp³-hybridized carbons (Fsp3) is 0.111. The maximum Gasteiger partial charge on any atom is 0.258 e. The highest BCUT2D eigenvalue weighted by Crippen LogP contribution is 2.31. The normalized spacial score (nSPS) is 12.5. The van der Waals surface area contributed by atoms with Gasteiger partial charge in [-0.2, -0.15) is 0 Å². The average Bonchev–Trinajstić information content (AvgIpc) is 3.19. The lowest BCUT2D eigenvalue weighted by atomic mass is 10.1. The zero-order valence-corrected chi connectivity index (χ0v) is 18.8. The van der Waals surface area contributed by atoms with E-state index in [1.807, 2.05) is 67.7 Å². The molecule has 0 saturated heterocycles. The lowest BCUT2D eigenvalue weighted by Gasteiger charge is -2.23. The highest BCUT2D eigenvalue weighted by atomic mass is 35.5. The number of aromatic nitrogens is 1. The SMILES string of the molecule is Cc1ccccc1C(=O)Nc1ccc(C(=O)N2Cc3cccn3Cc3ccccc32)cc1Cl. The second-order valence-corrected chi connectivity index (χ2v) is 8.52. The molecule has 3 aromatic carbocycles. The number of nitrogens with zero attached hydrogens (tertiary/aromatic N) is 2. The molecule has 5 nitrogen and oxygen atoms in total. The monoisotopic (exact) mass is 455 g/mol. The minimum Gasteiger partial charge on any atom is -0.345 e. The number of nitrogens with one attached hydrogen (secondary N) is 1. The first kappa shape index (κ1) is 21.0. The average molecular weight is 456 g/mol. The van der Waals surface area contributed by atoms with Crippen molar-refractivity contribution in [3.8, 4) is 0 Å². The molecule has 33 heavy (non-hydrogen) atoms. The van der Waals surface area contributed by atoms with Gasteiger partial charge in [-0.15, -0.1) is 0 Å². The number of rotatable bonds is 3. The van der Waals surface area contributed by atoms with Gasteiger partial charge < -0.3 is 14.8 Å². The van der Waals surface area contributed by atoms with Gasteiger partial charge in [0.2, 0.25) is 0 Å². The highest BCUT2D eigenvalue weighted by Gasteiger charge is 2.25. The third-order valence-corrected chi connectivity index (χ3v) is 6.28. The van der Waals surface area contributed by atoms with Crippen LogP contribution in [0.2, 0.25) is 5.02 Å². The molecule has 0 radical (unpaired) electrons. The summed E-state index contributed by atoms with van der Waals surface area (Å²) in [4.78, 5) is 28.0. The molecule has 2 heterocycles. The molecule has 1 aliphatic heterocycles. The van der Waals surface area contributed by atoms with Gasteiger partial charge in [0.05, 0.1) is 17.3 Å². The fourth-order valence-corrected chi connectivity index (χ4v) is 4.42. The number of amides is 2. The first-order chi connectivity index (χ1) is 16.0. The first-order valence-electron chi connectivity index (χ1n) is 10.7. The van der Waals surface area contributed by atoms with Gasteiger partial charge in [0.1, 0.15) is 0 Å². The van der Waals surface area contributed by atoms with E-state index in [0.29, 0.717) is 34.9 Å². The Morgan fingerprint density at radius 3 is 2.52 bits per heavy atom. The molecule has 164 valence electrons. The number of anilines is 2. The number of carbonyl (C=O) groups excluding carboxylic acids is 2. The number of benzene rings is 3. The van der Waals surface area contributed by atoms with Gasteiger partial charge in [-0.3, -0.25) is 9.59 Å². The van der Waals surface area contributed by atoms with Gasteiger partial charge in [-0.25, -0.2) is 0 Å². The van der Waals surface area contributed by atoms with Crippen molar-refractivity contribution in [1.82, 2.24) is 4.57 Å². The second kappa shape index (κ2) is 8.60. The molecular formula is C27H22ClN3O2. The van der Waals surface area contributed by atoms with Gasteiger partial charge in [-0.05, 0) is 60.5 Å². The van der Waals surface area contributed by atoms with Crippen LogP contribution in [0.25, 0.3) is 0 Å². The van der Waals surface area contributed by atoms with Crippen molar-refractivity contribution in [2.75, 3.05) is 10.2 Å². The van der Waals surface area contributed by atoms with E-state index >= 15 is 0 Å². The van der Waals surface area contributed by atoms with Gasteiger partial charge in [0, 0.05) is 35.2 Å². The van der Waals surface area contributed by atoms with Crippen LogP contribution in [0.3, 0.4) is 0 Å². The number of hydrogen-bond acceptors (Lipinski definition) is 2. The Labute approximate surface area is 197 Å². The van der Waals surface area contributed by atoms with E-state index in [0.717, 1.165) is 22.5 Å². The zero-order chi connectivity index (χ0) is 22.9. The van der Waals surface area contributed by atoms with Crippen molar-refractivity contribution in [1.29, 1.82) is 0 Å². The van der Waals surface area contributed by atoms with E-state index in [1.165, 1.54) is 0 Å². The van der Waals surface area contributed by atoms with Crippen molar-refractivity contribution < 1.29 is 9.59 Å². The number of carbonyl (C=O) groups is 2. The molecule has 2 amide bonds. The lowest BCUT2D eigenvalue weighted by molar-refractivity contribution is 0.0983. The minimum atomic E-state index is -0.240. The number of hydrogen-bond donors (Lipinski definition) is 1. The molecule has 0 fully saturated rings. The van der Waals surface area contributed by atoms with E-state index in [4.69, 9.17) is 11.6 Å². The predicted octanol–water partition coefficient (Wildman–Crippen LogP) is 5.91. The number of fused-ring (bicyclic) bond motifs is 2. The van der Waals surface area contributed by atoms with E-state index in [-0.39, 0.29) is 11.8 Å². The molecule has 0 spiro atoms. The summed E-state index contributed by atoms with van der Waals surface area (Å²) in [5.74, 6) is -0.382. The summed E-state index contributed by atoms with van der Waals surface area (Å²) >= 11 is 6.49. The molecule has 0 aliphatic carbocycles. The van der Waals surface area contributed by atoms with Crippen molar-refractivity contribution >= 4 is 34.8 Å². The summed E-state index contributed by atoms with van der Waals surface area (Å²) < 4.78 is 2.16. The maximum absolute atomic E-state index is 13.6. The van der Waals surface area contributed by atoms with Gasteiger partial charge in [-0.1, -0.05) is 48.0 Å². The van der Waals surface area contributed by atoms with Crippen molar-refractivity contribution in [3.63, 3.8) is 0 Å². The Morgan fingerprint density at radius 1 is 0.909 bits per heavy atom. The van der Waals surface area contributed by atoms with Crippen LogP contribution in [0.15, 0.2) is 85.1 Å². The molecule has 1 aliphatic rings. The molecule has 1 aromatic heterocycles. The number of para-hydroxylation sites is 1. The molecule has 1 N–H and O–H groups in total. The molecule has 0 unspecified atom stereocenters. The van der Waals surface area contributed by atoms with Crippen LogP contribution in [0, 0.1) is 6.92 Å². The predicted molar refractivity (Wildman–Crippen MR) is 131 cm³/mol. The van der Waals surface area contributed by atoms with Crippen LogP contribution in [0.1, 0.15) is 37.5 Å². The third kappa shape index (κ3) is 4.03. The van der Waals surface area contributed by atoms with Gasteiger partial charge in [0.15, 0.2) is 0 Å². The summed E-state index contributed by atoms with van der Waals surface area (Å²) in [5, 5.41) is 3.16. The van der Waals surface area contributed by atoms with Crippen LogP contribution < -0.4 is 10.2 Å². The van der Waals surface area contributed by atoms with Crippen molar-refractivity contribution in [3.05, 3.63) is 118 Å². The van der Waals surface area contributed by atoms with E-state index < -0.39 is 0 Å². The number of halogens is 1. The Morgan fingerprint density at radius 2 is 1.70 bits per heavy atom. The Kier molecular flexibility index (Phi) is 5.48. The molecule has 5 rings (SSSR count). The first-order valence-corrected chi connectivity index (χ1v) is 11.1. The van der Waals surface area contributed by atoms with Crippen molar-refractivity contribution in [2.45, 2.75) is 20.0 Å². The Balaban J connectivity index is 1.43. The summed E-state index contributed by atoms with van der Waals surface area (Å²) in [7, 11) is 0. The molecule has 0 saturated carbocycles. The van der Waals surface area contributed by atoms with Crippen LogP contribution in [-0.2, 0) is 13.1 Å². The highest BCUT2D eigenvalue weighted by molar-refractivity contribution is 6.34. The van der Waals surface area contributed by atoms with E-state index in [1.54, 1.807) is 29.2 Å². The zero-order valence-electron chi connectivity index (χ0n) is 18.1. The topological polar surface area (TPSA) is 54.3 Å². The largest absolute Gasteiger partial charge is 0.345 e. The molecular weight excluding hydrogens is 434 g/mol. The second-order valence-electron chi connectivity index (χ2n) is 8.11. The van der Waals surface area contributed by atoms with E-state index in [2.05, 4.69) is 9.88 Å². The van der Waals surface area contributed by atoms with Crippen LogP contribution in [0.4, 0.5) is 11.4 Å². The van der Waals surface area contributed by atoms with Crippen molar-refractivity contribution in [2.24, 2.45) is 0 Å². The van der Waals surface area contributed by atoms with Crippen LogP contribution >= 0.6 is 11.6 Å². The molecule has 0 bridgehead atoms. The Bertz CT molecular complexity index is 1380. The molecule has 6 heteroatoms. The van der Waals surface area contributed by atoms with Gasteiger partial charge in [0.25, 0.3) is 11.8 Å².